The molecule has 5 unspecified atom stereocenters. The number of nitrogens with two attached hydrogens (primary N) is 1. The maximum atomic E-state index is 13.4. The van der Waals surface area contributed by atoms with Gasteiger partial charge < -0.3 is 20.9 Å². The Morgan fingerprint density at radius 2 is 1.60 bits per heavy atom. The monoisotopic (exact) mass is 669 g/mol. The summed E-state index contributed by atoms with van der Waals surface area (Å²) in [5.74, 6) is 1.62. The Balaban J connectivity index is 1.39. The molecule has 5 aliphatic rings. The van der Waals surface area contributed by atoms with Gasteiger partial charge in [-0.3, -0.25) is 14.4 Å². The fraction of sp³-hybridized carbons (Fsp3) is 0.878. The molecule has 0 aliphatic heterocycles. The summed E-state index contributed by atoms with van der Waals surface area (Å²) in [6.07, 6.45) is 11.8. The van der Waals surface area contributed by atoms with Gasteiger partial charge in [0.2, 0.25) is 5.91 Å². The first kappa shape index (κ1) is 37.4. The Hall–Kier alpha value is -1.89. The number of carbonyl (C=O) groups is 3. The van der Waals surface area contributed by atoms with Gasteiger partial charge >= 0.3 is 11.9 Å². The fourth-order valence-corrected chi connectivity index (χ4v) is 13.5. The Morgan fingerprint density at radius 1 is 0.917 bits per heavy atom. The number of carboxylic acids is 1. The molecule has 0 aromatic heterocycles. The molecule has 0 bridgehead atoms. The van der Waals surface area contributed by atoms with Crippen LogP contribution in [-0.2, 0) is 19.1 Å². The summed E-state index contributed by atoms with van der Waals surface area (Å²) in [5, 5.41) is 12.5. The zero-order valence-electron chi connectivity index (χ0n) is 31.8. The maximum absolute atomic E-state index is 13.4. The SMILES string of the molecule is C=C(C)[C@@H]1CC[C@]2(CC(=O)NC(C)CN)CC[C@]3(C)[C@H](CCC4[C@@]5(C)CCC(OC(=O)CC(C)(C)CC(=O)O)C(C)(C)C5CC[C@]43C)C12. The van der Waals surface area contributed by atoms with Crippen LogP contribution in [0.2, 0.25) is 0 Å². The summed E-state index contributed by atoms with van der Waals surface area (Å²) in [6, 6.07) is -0.00327. The summed E-state index contributed by atoms with van der Waals surface area (Å²) in [5.41, 5.74) is 6.97. The smallest absolute Gasteiger partial charge is 0.306 e. The van der Waals surface area contributed by atoms with Crippen LogP contribution in [0.15, 0.2) is 12.2 Å². The lowest BCUT2D eigenvalue weighted by atomic mass is 9.32. The van der Waals surface area contributed by atoms with E-state index >= 15 is 0 Å². The molecule has 48 heavy (non-hydrogen) atoms. The normalized spacial score (nSPS) is 42.3. The van der Waals surface area contributed by atoms with Crippen molar-refractivity contribution in [1.29, 1.82) is 0 Å². The molecule has 5 rings (SSSR count). The third-order valence-electron chi connectivity index (χ3n) is 16.0. The molecule has 7 nitrogen and oxygen atoms in total. The highest BCUT2D eigenvalue weighted by atomic mass is 16.5. The van der Waals surface area contributed by atoms with E-state index in [1.165, 1.54) is 31.3 Å². The van der Waals surface area contributed by atoms with Gasteiger partial charge in [-0.25, -0.2) is 0 Å². The van der Waals surface area contributed by atoms with E-state index in [0.29, 0.717) is 42.6 Å². The van der Waals surface area contributed by atoms with E-state index in [2.05, 4.69) is 53.4 Å². The van der Waals surface area contributed by atoms with Crippen LogP contribution in [0.4, 0.5) is 0 Å². The van der Waals surface area contributed by atoms with Gasteiger partial charge in [-0.2, -0.15) is 0 Å². The van der Waals surface area contributed by atoms with Crippen molar-refractivity contribution in [1.82, 2.24) is 5.32 Å². The van der Waals surface area contributed by atoms with Crippen molar-refractivity contribution >= 4 is 17.8 Å². The average Bonchev–Trinajstić information content (AvgIpc) is 3.33. The van der Waals surface area contributed by atoms with Crippen LogP contribution in [-0.4, -0.2) is 41.6 Å². The van der Waals surface area contributed by atoms with Gasteiger partial charge in [0.25, 0.3) is 0 Å². The molecule has 272 valence electrons. The van der Waals surface area contributed by atoms with Crippen molar-refractivity contribution in [3.05, 3.63) is 12.2 Å². The summed E-state index contributed by atoms with van der Waals surface area (Å²) in [7, 11) is 0. The second kappa shape index (κ2) is 12.7. The van der Waals surface area contributed by atoms with E-state index in [1.807, 2.05) is 20.8 Å². The Bertz CT molecular complexity index is 1290. The minimum absolute atomic E-state index is 0.00327. The van der Waals surface area contributed by atoms with Crippen molar-refractivity contribution in [2.45, 2.75) is 158 Å². The summed E-state index contributed by atoms with van der Waals surface area (Å²) < 4.78 is 6.26. The molecular formula is C41H68N2O5. The Kier molecular flexibility index (Phi) is 9.89. The van der Waals surface area contributed by atoms with Crippen LogP contribution in [0, 0.1) is 62.1 Å². The standard InChI is InChI=1S/C41H68N2O5/c1-25(2)27-13-18-41(21-32(44)43-26(3)24-42)20-19-39(9)28(35(27)41)11-12-30-38(8)16-15-31(37(6,7)29(38)14-17-40(30,39)10)48-34(47)23-36(4,5)22-33(45)46/h26-31,35H,1,11-24,42H2,2-10H3,(H,43,44)(H,45,46)/t26?,27-,28+,29?,30?,31?,35?,38-,39+,40+,41+/m0/s1. The quantitative estimate of drug-likeness (QED) is 0.159. The lowest BCUT2D eigenvalue weighted by molar-refractivity contribution is -0.250. The largest absolute Gasteiger partial charge is 0.481 e. The molecule has 0 saturated heterocycles. The van der Waals surface area contributed by atoms with Crippen LogP contribution in [0.25, 0.3) is 0 Å². The first-order valence-corrected chi connectivity index (χ1v) is 19.2. The van der Waals surface area contributed by atoms with Gasteiger partial charge in [-0.05, 0) is 135 Å². The molecule has 5 fully saturated rings. The molecule has 0 spiro atoms. The van der Waals surface area contributed by atoms with Gasteiger partial charge in [0.1, 0.15) is 6.10 Å². The second-order valence-electron chi connectivity index (χ2n) is 19.7. The van der Waals surface area contributed by atoms with Crippen LogP contribution in [0.3, 0.4) is 0 Å². The van der Waals surface area contributed by atoms with Gasteiger partial charge in [0.15, 0.2) is 0 Å². The molecule has 1 amide bonds. The van der Waals surface area contributed by atoms with Crippen molar-refractivity contribution in [2.24, 2.45) is 67.8 Å². The molecular weight excluding hydrogens is 600 g/mol. The third kappa shape index (κ3) is 6.08. The highest BCUT2D eigenvalue weighted by Gasteiger charge is 2.71. The molecule has 5 saturated carbocycles. The van der Waals surface area contributed by atoms with E-state index in [1.54, 1.807) is 0 Å². The molecule has 5 aliphatic carbocycles. The number of carbonyl (C=O) groups excluding carboxylic acids is 2. The number of aliphatic carboxylic acids is 1. The number of fused-ring (bicyclic) bond motifs is 7. The molecule has 0 aromatic rings. The number of nitrogens with one attached hydrogen (secondary N) is 1. The zero-order valence-corrected chi connectivity index (χ0v) is 31.8. The van der Waals surface area contributed by atoms with E-state index in [9.17, 15) is 19.5 Å². The topological polar surface area (TPSA) is 119 Å². The number of hydrogen-bond donors (Lipinski definition) is 3. The Labute approximate surface area is 291 Å². The summed E-state index contributed by atoms with van der Waals surface area (Å²) in [6.45, 7) is 25.4. The van der Waals surface area contributed by atoms with Crippen LogP contribution >= 0.6 is 0 Å². The zero-order chi connectivity index (χ0) is 35.7. The number of rotatable bonds is 10. The van der Waals surface area contributed by atoms with E-state index < -0.39 is 11.4 Å². The van der Waals surface area contributed by atoms with E-state index in [0.717, 1.165) is 38.5 Å². The Morgan fingerprint density at radius 3 is 2.23 bits per heavy atom. The minimum Gasteiger partial charge on any atom is -0.481 e. The van der Waals surface area contributed by atoms with Crippen LogP contribution < -0.4 is 11.1 Å². The lowest BCUT2D eigenvalue weighted by Crippen LogP contribution is -2.67. The van der Waals surface area contributed by atoms with Crippen molar-refractivity contribution in [3.8, 4) is 0 Å². The van der Waals surface area contributed by atoms with Gasteiger partial charge in [-0.15, -0.1) is 0 Å². The number of ether oxygens (including phenoxy) is 1. The number of esters is 1. The molecule has 7 heteroatoms. The molecule has 0 aromatic carbocycles. The predicted molar refractivity (Wildman–Crippen MR) is 191 cm³/mol. The first-order chi connectivity index (χ1) is 22.2. The van der Waals surface area contributed by atoms with Gasteiger partial charge in [0, 0.05) is 24.4 Å². The molecule has 0 radical (unpaired) electrons. The molecule has 4 N–H and O–H groups in total. The maximum Gasteiger partial charge on any atom is 0.306 e. The number of carboxylic acid groups (broad SMARTS) is 1. The van der Waals surface area contributed by atoms with E-state index in [-0.39, 0.29) is 63.9 Å². The minimum atomic E-state index is -0.885. The summed E-state index contributed by atoms with van der Waals surface area (Å²) in [4.78, 5) is 38.0. The van der Waals surface area contributed by atoms with Crippen molar-refractivity contribution in [3.63, 3.8) is 0 Å². The molecule has 0 heterocycles. The number of amides is 1. The number of allylic oxidation sites excluding steroid dienone is 1. The fourth-order valence-electron chi connectivity index (χ4n) is 13.5. The third-order valence-corrected chi connectivity index (χ3v) is 16.0. The molecule has 11 atom stereocenters. The van der Waals surface area contributed by atoms with Gasteiger partial charge in [-0.1, -0.05) is 60.6 Å². The van der Waals surface area contributed by atoms with Crippen molar-refractivity contribution in [2.75, 3.05) is 6.54 Å². The van der Waals surface area contributed by atoms with Crippen LogP contribution in [0.1, 0.15) is 146 Å². The average molecular weight is 669 g/mol. The summed E-state index contributed by atoms with van der Waals surface area (Å²) >= 11 is 0. The van der Waals surface area contributed by atoms with Crippen molar-refractivity contribution < 1.29 is 24.2 Å². The number of hydrogen-bond acceptors (Lipinski definition) is 5. The lowest BCUT2D eigenvalue weighted by Gasteiger charge is -2.73. The first-order valence-electron chi connectivity index (χ1n) is 19.2. The highest BCUT2D eigenvalue weighted by Crippen LogP contribution is 2.78. The van der Waals surface area contributed by atoms with Gasteiger partial charge in [0.05, 0.1) is 12.8 Å². The second-order valence-corrected chi connectivity index (χ2v) is 19.7. The van der Waals surface area contributed by atoms with E-state index in [4.69, 9.17) is 10.5 Å². The van der Waals surface area contributed by atoms with Crippen LogP contribution in [0.5, 0.6) is 0 Å². The predicted octanol–water partition coefficient (Wildman–Crippen LogP) is 8.30. The highest BCUT2D eigenvalue weighted by molar-refractivity contribution is 5.77.